The van der Waals surface area contributed by atoms with Gasteiger partial charge in [-0.1, -0.05) is 18.2 Å². The van der Waals surface area contributed by atoms with Crippen LogP contribution in [0.15, 0.2) is 34.7 Å². The summed E-state index contributed by atoms with van der Waals surface area (Å²) in [5.74, 6) is -1.35. The lowest BCUT2D eigenvalue weighted by Gasteiger charge is -1.99. The third kappa shape index (κ3) is 4.89. The lowest BCUT2D eigenvalue weighted by atomic mass is 10.1. The fourth-order valence-electron chi connectivity index (χ4n) is 1.76. The number of nitrogens with one attached hydrogen (secondary N) is 1. The van der Waals surface area contributed by atoms with Gasteiger partial charge in [-0.25, -0.2) is 9.78 Å². The third-order valence-corrected chi connectivity index (χ3v) is 3.53. The van der Waals surface area contributed by atoms with Crippen molar-refractivity contribution in [2.45, 2.75) is 13.3 Å². The zero-order valence-electron chi connectivity index (χ0n) is 12.4. The summed E-state index contributed by atoms with van der Waals surface area (Å²) in [5.41, 5.74) is 3.96. The highest BCUT2D eigenvalue weighted by Gasteiger charge is 2.08. The summed E-state index contributed by atoms with van der Waals surface area (Å²) < 4.78 is 4.85. The van der Waals surface area contributed by atoms with Crippen molar-refractivity contribution in [3.05, 3.63) is 46.5 Å². The first-order chi connectivity index (χ1) is 11.1. The molecule has 0 fully saturated rings. The van der Waals surface area contributed by atoms with Crippen LogP contribution in [0.25, 0.3) is 0 Å². The van der Waals surface area contributed by atoms with Crippen molar-refractivity contribution in [1.29, 1.82) is 0 Å². The van der Waals surface area contributed by atoms with Gasteiger partial charge >= 0.3 is 11.9 Å². The number of carboxylic acid groups (broad SMARTS) is 1. The van der Waals surface area contributed by atoms with Crippen molar-refractivity contribution in [2.75, 3.05) is 12.0 Å². The number of thiazole rings is 1. The molecule has 0 aliphatic carbocycles. The van der Waals surface area contributed by atoms with Crippen molar-refractivity contribution in [3.63, 3.8) is 0 Å². The van der Waals surface area contributed by atoms with Crippen molar-refractivity contribution in [1.82, 2.24) is 4.98 Å². The lowest BCUT2D eigenvalue weighted by Crippen LogP contribution is -2.07. The summed E-state index contributed by atoms with van der Waals surface area (Å²) >= 11 is 1.30. The Hall–Kier alpha value is -2.74. The molecule has 23 heavy (non-hydrogen) atoms. The molecule has 0 aliphatic heterocycles. The minimum absolute atomic E-state index is 0.109. The van der Waals surface area contributed by atoms with E-state index < -0.39 is 5.97 Å². The Morgan fingerprint density at radius 1 is 1.43 bits per heavy atom. The minimum atomic E-state index is -1.02. The molecule has 0 unspecified atom stereocenters. The van der Waals surface area contributed by atoms with Gasteiger partial charge in [0, 0.05) is 10.9 Å². The molecule has 8 heteroatoms. The molecule has 2 rings (SSSR count). The Balaban J connectivity index is 1.98. The van der Waals surface area contributed by atoms with Crippen LogP contribution in [0.1, 0.15) is 28.5 Å². The van der Waals surface area contributed by atoms with Gasteiger partial charge in [-0.05, 0) is 13.0 Å². The molecule has 1 aromatic heterocycles. The maximum absolute atomic E-state index is 11.4. The number of nitrogens with zero attached hydrogens (tertiary/aromatic N) is 2. The maximum atomic E-state index is 11.4. The number of aromatic nitrogens is 1. The summed E-state index contributed by atoms with van der Waals surface area (Å²) in [6.07, 6.45) is 1.52. The van der Waals surface area contributed by atoms with Gasteiger partial charge in [0.15, 0.2) is 0 Å². The molecule has 0 radical (unpaired) electrons. The largest absolute Gasteiger partial charge is 0.478 e. The van der Waals surface area contributed by atoms with Crippen LogP contribution in [0.5, 0.6) is 0 Å². The van der Waals surface area contributed by atoms with Crippen LogP contribution in [-0.2, 0) is 16.0 Å². The number of anilines is 1. The number of ether oxygens (including phenoxy) is 1. The molecule has 120 valence electrons. The monoisotopic (exact) mass is 333 g/mol. The Labute approximate surface area is 136 Å². The first-order valence-electron chi connectivity index (χ1n) is 6.81. The highest BCUT2D eigenvalue weighted by Crippen LogP contribution is 2.16. The number of benzene rings is 1. The van der Waals surface area contributed by atoms with E-state index in [1.54, 1.807) is 30.5 Å². The number of rotatable bonds is 7. The van der Waals surface area contributed by atoms with Crippen LogP contribution in [-0.4, -0.2) is 34.9 Å². The van der Waals surface area contributed by atoms with Gasteiger partial charge < -0.3 is 9.84 Å². The molecule has 0 aliphatic rings. The van der Waals surface area contributed by atoms with Crippen molar-refractivity contribution < 1.29 is 19.4 Å². The van der Waals surface area contributed by atoms with Crippen LogP contribution >= 0.6 is 11.3 Å². The van der Waals surface area contributed by atoms with E-state index in [2.05, 4.69) is 15.5 Å². The predicted molar refractivity (Wildman–Crippen MR) is 87.1 cm³/mol. The van der Waals surface area contributed by atoms with E-state index in [-0.39, 0.29) is 18.0 Å². The predicted octanol–water partition coefficient (Wildman–Crippen LogP) is 2.39. The quantitative estimate of drug-likeness (QED) is 0.458. The van der Waals surface area contributed by atoms with Crippen molar-refractivity contribution in [3.8, 4) is 0 Å². The molecule has 0 bridgehead atoms. The molecule has 0 spiro atoms. The number of carbonyl (C=O) groups excluding carboxylic acids is 1. The zero-order chi connectivity index (χ0) is 16.7. The van der Waals surface area contributed by atoms with Gasteiger partial charge in [-0.15, -0.1) is 11.3 Å². The highest BCUT2D eigenvalue weighted by molar-refractivity contribution is 7.13. The van der Waals surface area contributed by atoms with Gasteiger partial charge in [0.1, 0.15) is 0 Å². The summed E-state index contributed by atoms with van der Waals surface area (Å²) in [4.78, 5) is 26.6. The molecule has 0 amide bonds. The van der Waals surface area contributed by atoms with E-state index in [0.717, 1.165) is 0 Å². The fraction of sp³-hybridized carbons (Fsp3) is 0.200. The molecule has 1 aromatic carbocycles. The van der Waals surface area contributed by atoms with E-state index in [9.17, 15) is 9.59 Å². The fourth-order valence-corrected chi connectivity index (χ4v) is 2.42. The summed E-state index contributed by atoms with van der Waals surface area (Å²) in [5, 5.41) is 15.3. The SMILES string of the molecule is CCOC(=O)Cc1csc(N/N=C\c2ccccc2C(=O)O)n1. The molecule has 0 saturated carbocycles. The number of carboxylic acids is 1. The molecule has 1 heterocycles. The van der Waals surface area contributed by atoms with Crippen molar-refractivity contribution in [2.24, 2.45) is 5.10 Å². The van der Waals surface area contributed by atoms with Gasteiger partial charge in [-0.3, -0.25) is 10.2 Å². The molecule has 0 saturated heterocycles. The molecule has 2 N–H and O–H groups in total. The average molecular weight is 333 g/mol. The Morgan fingerprint density at radius 2 is 2.22 bits per heavy atom. The van der Waals surface area contributed by atoms with Gasteiger partial charge in [0.25, 0.3) is 0 Å². The highest BCUT2D eigenvalue weighted by atomic mass is 32.1. The molecule has 2 aromatic rings. The minimum Gasteiger partial charge on any atom is -0.478 e. The zero-order valence-corrected chi connectivity index (χ0v) is 13.2. The second-order valence-corrected chi connectivity index (χ2v) is 5.25. The van der Waals surface area contributed by atoms with E-state index in [1.807, 2.05) is 0 Å². The first kappa shape index (κ1) is 16.6. The number of carbonyl (C=O) groups is 2. The molecule has 0 atom stereocenters. The molecular weight excluding hydrogens is 318 g/mol. The van der Waals surface area contributed by atoms with Gasteiger partial charge in [-0.2, -0.15) is 5.10 Å². The number of hydrazone groups is 1. The normalized spacial score (nSPS) is 10.7. The second kappa shape index (κ2) is 8.04. The number of hydrogen-bond donors (Lipinski definition) is 2. The van der Waals surface area contributed by atoms with Crippen LogP contribution in [0.3, 0.4) is 0 Å². The van der Waals surface area contributed by atoms with E-state index in [1.165, 1.54) is 23.6 Å². The topological polar surface area (TPSA) is 101 Å². The number of aromatic carboxylic acids is 1. The first-order valence-corrected chi connectivity index (χ1v) is 7.69. The van der Waals surface area contributed by atoms with Gasteiger partial charge in [0.2, 0.25) is 5.13 Å². The van der Waals surface area contributed by atoms with Crippen LogP contribution in [0, 0.1) is 0 Å². The summed E-state index contributed by atoms with van der Waals surface area (Å²) in [6.45, 7) is 2.08. The molecule has 7 nitrogen and oxygen atoms in total. The number of esters is 1. The smallest absolute Gasteiger partial charge is 0.336 e. The van der Waals surface area contributed by atoms with Crippen LogP contribution < -0.4 is 5.43 Å². The van der Waals surface area contributed by atoms with Gasteiger partial charge in [0.05, 0.1) is 30.5 Å². The lowest BCUT2D eigenvalue weighted by molar-refractivity contribution is -0.142. The Kier molecular flexibility index (Phi) is 5.81. The molecular formula is C15H15N3O4S. The van der Waals surface area contributed by atoms with E-state index >= 15 is 0 Å². The van der Waals surface area contributed by atoms with Crippen molar-refractivity contribution >= 4 is 34.6 Å². The Bertz CT molecular complexity index is 727. The average Bonchev–Trinajstić information content (AvgIpc) is 2.95. The standard InChI is InChI=1S/C15H15N3O4S/c1-2-22-13(19)7-11-9-23-15(17-11)18-16-8-10-5-3-4-6-12(10)14(20)21/h3-6,8-9H,2,7H2,1H3,(H,17,18)(H,20,21)/b16-8-. The van der Waals surface area contributed by atoms with E-state index in [4.69, 9.17) is 9.84 Å². The van der Waals surface area contributed by atoms with Crippen LogP contribution in [0.2, 0.25) is 0 Å². The van der Waals surface area contributed by atoms with E-state index in [0.29, 0.717) is 23.0 Å². The summed E-state index contributed by atoms with van der Waals surface area (Å²) in [6, 6.07) is 6.54. The number of hydrogen-bond acceptors (Lipinski definition) is 7. The third-order valence-electron chi connectivity index (χ3n) is 2.74. The Morgan fingerprint density at radius 3 is 2.96 bits per heavy atom. The maximum Gasteiger partial charge on any atom is 0.336 e. The van der Waals surface area contributed by atoms with Crippen LogP contribution in [0.4, 0.5) is 5.13 Å². The second-order valence-electron chi connectivity index (χ2n) is 4.39. The summed E-state index contributed by atoms with van der Waals surface area (Å²) in [7, 11) is 0.